The standard InChI is InChI=1S/C10H18ClN3O/c1-8(2)10-9(7-11)12-13-14(10)5-4-6-15-3/h8H,4-7H2,1-3H3. The topological polar surface area (TPSA) is 39.9 Å². The summed E-state index contributed by atoms with van der Waals surface area (Å²) in [5, 5.41) is 8.18. The van der Waals surface area contributed by atoms with Crippen LogP contribution in [0, 0.1) is 0 Å². The summed E-state index contributed by atoms with van der Waals surface area (Å²) in [5.74, 6) is 0.828. The summed E-state index contributed by atoms with van der Waals surface area (Å²) in [5.41, 5.74) is 2.03. The zero-order valence-electron chi connectivity index (χ0n) is 9.53. The maximum Gasteiger partial charge on any atom is 0.101 e. The Morgan fingerprint density at radius 2 is 2.20 bits per heavy atom. The van der Waals surface area contributed by atoms with E-state index in [1.54, 1.807) is 7.11 Å². The fourth-order valence-electron chi connectivity index (χ4n) is 1.61. The molecular formula is C10H18ClN3O. The molecule has 0 fully saturated rings. The van der Waals surface area contributed by atoms with Crippen LogP contribution < -0.4 is 0 Å². The van der Waals surface area contributed by atoms with E-state index >= 15 is 0 Å². The van der Waals surface area contributed by atoms with Crippen LogP contribution in [0.1, 0.15) is 37.6 Å². The molecule has 0 atom stereocenters. The van der Waals surface area contributed by atoms with Gasteiger partial charge in [-0.25, -0.2) is 4.68 Å². The third-order valence-electron chi connectivity index (χ3n) is 2.24. The molecule has 1 rings (SSSR count). The molecule has 0 N–H and O–H groups in total. The number of rotatable bonds is 6. The SMILES string of the molecule is COCCCn1nnc(CCl)c1C(C)C. The van der Waals surface area contributed by atoms with Crippen LogP contribution in [0.4, 0.5) is 0 Å². The van der Waals surface area contributed by atoms with Gasteiger partial charge < -0.3 is 4.74 Å². The van der Waals surface area contributed by atoms with Gasteiger partial charge in [0.05, 0.1) is 11.6 Å². The maximum absolute atomic E-state index is 5.81. The third kappa shape index (κ3) is 3.18. The quantitative estimate of drug-likeness (QED) is 0.557. The fourth-order valence-corrected chi connectivity index (χ4v) is 1.80. The van der Waals surface area contributed by atoms with Gasteiger partial charge in [0.15, 0.2) is 0 Å². The normalized spacial score (nSPS) is 11.3. The van der Waals surface area contributed by atoms with Crippen LogP contribution in [0.15, 0.2) is 0 Å². The van der Waals surface area contributed by atoms with Gasteiger partial charge in [-0.2, -0.15) is 0 Å². The van der Waals surface area contributed by atoms with Gasteiger partial charge in [-0.15, -0.1) is 16.7 Å². The van der Waals surface area contributed by atoms with Crippen LogP contribution >= 0.6 is 11.6 Å². The third-order valence-corrected chi connectivity index (χ3v) is 2.49. The Morgan fingerprint density at radius 1 is 1.47 bits per heavy atom. The van der Waals surface area contributed by atoms with Gasteiger partial charge in [-0.3, -0.25) is 0 Å². The number of nitrogens with zero attached hydrogens (tertiary/aromatic N) is 3. The highest BCUT2D eigenvalue weighted by atomic mass is 35.5. The van der Waals surface area contributed by atoms with E-state index < -0.39 is 0 Å². The summed E-state index contributed by atoms with van der Waals surface area (Å²) in [7, 11) is 1.70. The minimum absolute atomic E-state index is 0.399. The Kier molecular flexibility index (Phi) is 5.05. The molecule has 0 aliphatic heterocycles. The highest BCUT2D eigenvalue weighted by Crippen LogP contribution is 2.19. The predicted octanol–water partition coefficient (Wildman–Crippen LogP) is 2.18. The number of aryl methyl sites for hydroxylation is 1. The van der Waals surface area contributed by atoms with E-state index in [1.165, 1.54) is 0 Å². The number of hydrogen-bond donors (Lipinski definition) is 0. The Balaban J connectivity index is 2.73. The lowest BCUT2D eigenvalue weighted by Gasteiger charge is -2.09. The van der Waals surface area contributed by atoms with Crippen LogP contribution in [0.5, 0.6) is 0 Å². The van der Waals surface area contributed by atoms with Crippen LogP contribution in [-0.2, 0) is 17.2 Å². The molecule has 0 saturated carbocycles. The molecule has 0 spiro atoms. The van der Waals surface area contributed by atoms with E-state index in [0.717, 1.165) is 31.0 Å². The average molecular weight is 232 g/mol. The molecule has 0 saturated heterocycles. The Hall–Kier alpha value is -0.610. The van der Waals surface area contributed by atoms with E-state index in [-0.39, 0.29) is 0 Å². The average Bonchev–Trinajstić information content (AvgIpc) is 2.61. The largest absolute Gasteiger partial charge is 0.385 e. The summed E-state index contributed by atoms with van der Waals surface area (Å²) in [6.45, 7) is 5.84. The molecular weight excluding hydrogens is 214 g/mol. The van der Waals surface area contributed by atoms with Crippen molar-refractivity contribution >= 4 is 11.6 Å². The molecule has 15 heavy (non-hydrogen) atoms. The second-order valence-electron chi connectivity index (χ2n) is 3.78. The number of alkyl halides is 1. The summed E-state index contributed by atoms with van der Waals surface area (Å²) in [4.78, 5) is 0. The van der Waals surface area contributed by atoms with Gasteiger partial charge in [0, 0.05) is 20.3 Å². The summed E-state index contributed by atoms with van der Waals surface area (Å²) < 4.78 is 6.94. The number of ether oxygens (including phenoxy) is 1. The zero-order valence-corrected chi connectivity index (χ0v) is 10.3. The molecule has 1 aromatic rings. The molecule has 0 bridgehead atoms. The van der Waals surface area contributed by atoms with Gasteiger partial charge in [0.25, 0.3) is 0 Å². The second kappa shape index (κ2) is 6.08. The molecule has 0 aromatic carbocycles. The summed E-state index contributed by atoms with van der Waals surface area (Å²) in [6.07, 6.45) is 0.946. The van der Waals surface area contributed by atoms with Crippen LogP contribution in [0.3, 0.4) is 0 Å². The number of hydrogen-bond acceptors (Lipinski definition) is 3. The van der Waals surface area contributed by atoms with E-state index in [4.69, 9.17) is 16.3 Å². The van der Waals surface area contributed by atoms with Gasteiger partial charge in [0.1, 0.15) is 5.69 Å². The van der Waals surface area contributed by atoms with Crippen molar-refractivity contribution < 1.29 is 4.74 Å². The number of methoxy groups -OCH3 is 1. The second-order valence-corrected chi connectivity index (χ2v) is 4.05. The predicted molar refractivity (Wildman–Crippen MR) is 60.2 cm³/mol. The zero-order chi connectivity index (χ0) is 11.3. The molecule has 0 amide bonds. The van der Waals surface area contributed by atoms with Crippen molar-refractivity contribution in [3.05, 3.63) is 11.4 Å². The number of halogens is 1. The first-order valence-electron chi connectivity index (χ1n) is 5.17. The van der Waals surface area contributed by atoms with Gasteiger partial charge >= 0.3 is 0 Å². The van der Waals surface area contributed by atoms with Gasteiger partial charge in [0.2, 0.25) is 0 Å². The fraction of sp³-hybridized carbons (Fsp3) is 0.800. The minimum Gasteiger partial charge on any atom is -0.385 e. The number of aromatic nitrogens is 3. The van der Waals surface area contributed by atoms with E-state index in [0.29, 0.717) is 11.8 Å². The Morgan fingerprint density at radius 3 is 2.73 bits per heavy atom. The molecule has 1 aromatic heterocycles. The van der Waals surface area contributed by atoms with Gasteiger partial charge in [-0.1, -0.05) is 19.1 Å². The first-order valence-corrected chi connectivity index (χ1v) is 5.71. The lowest BCUT2D eigenvalue weighted by molar-refractivity contribution is 0.188. The molecule has 5 heteroatoms. The van der Waals surface area contributed by atoms with E-state index in [2.05, 4.69) is 24.2 Å². The highest BCUT2D eigenvalue weighted by Gasteiger charge is 2.14. The monoisotopic (exact) mass is 231 g/mol. The lowest BCUT2D eigenvalue weighted by atomic mass is 10.1. The molecule has 1 heterocycles. The lowest BCUT2D eigenvalue weighted by Crippen LogP contribution is -2.09. The van der Waals surface area contributed by atoms with Crippen molar-refractivity contribution in [3.63, 3.8) is 0 Å². The molecule has 0 radical (unpaired) electrons. The van der Waals surface area contributed by atoms with Crippen molar-refractivity contribution in [2.24, 2.45) is 0 Å². The van der Waals surface area contributed by atoms with Crippen molar-refractivity contribution in [1.29, 1.82) is 0 Å². The van der Waals surface area contributed by atoms with Crippen molar-refractivity contribution in [2.75, 3.05) is 13.7 Å². The Labute approximate surface area is 95.6 Å². The van der Waals surface area contributed by atoms with Crippen LogP contribution in [-0.4, -0.2) is 28.7 Å². The van der Waals surface area contributed by atoms with Crippen molar-refractivity contribution in [1.82, 2.24) is 15.0 Å². The molecule has 0 aliphatic rings. The molecule has 0 aliphatic carbocycles. The smallest absolute Gasteiger partial charge is 0.101 e. The maximum atomic E-state index is 5.81. The summed E-state index contributed by atoms with van der Waals surface area (Å²) >= 11 is 5.81. The van der Waals surface area contributed by atoms with Crippen molar-refractivity contribution in [3.8, 4) is 0 Å². The van der Waals surface area contributed by atoms with Crippen LogP contribution in [0.2, 0.25) is 0 Å². The van der Waals surface area contributed by atoms with Gasteiger partial charge in [-0.05, 0) is 12.3 Å². The minimum atomic E-state index is 0.399. The Bertz CT molecular complexity index is 299. The van der Waals surface area contributed by atoms with E-state index in [1.807, 2.05) is 4.68 Å². The molecule has 0 unspecified atom stereocenters. The highest BCUT2D eigenvalue weighted by molar-refractivity contribution is 6.16. The molecule has 4 nitrogen and oxygen atoms in total. The van der Waals surface area contributed by atoms with Crippen LogP contribution in [0.25, 0.3) is 0 Å². The first-order chi connectivity index (χ1) is 7.20. The van der Waals surface area contributed by atoms with E-state index in [9.17, 15) is 0 Å². The first kappa shape index (κ1) is 12.5. The van der Waals surface area contributed by atoms with Crippen molar-refractivity contribution in [2.45, 2.75) is 38.6 Å². The summed E-state index contributed by atoms with van der Waals surface area (Å²) in [6, 6.07) is 0. The molecule has 86 valence electrons.